The molecule has 3 aromatic heterocycles. The van der Waals surface area contributed by atoms with Crippen LogP contribution in [0.4, 0.5) is 22.0 Å². The number of thiazole rings is 1. The standard InChI is InChI=1S/C26H21ClF5N7O3S/c1-10-33-25(39(36-10)18-7-22-16(34-11(2)43-22)5-13(18)26(30,31)32)20-6-19(24(41)21(9-40)42-20)38-8-17(35-37-38)12-3-14(28)23(27)15(29)4-12/h3-5,7-8,19-21,24,40-41H,6,9H2,1-2H3. The first-order valence-electron chi connectivity index (χ1n) is 12.8. The second-order valence-electron chi connectivity index (χ2n) is 9.97. The molecule has 4 unspecified atom stereocenters. The van der Waals surface area contributed by atoms with E-state index in [0.29, 0.717) is 9.71 Å². The van der Waals surface area contributed by atoms with Crippen molar-refractivity contribution in [2.45, 2.75) is 50.8 Å². The molecule has 0 amide bonds. The van der Waals surface area contributed by atoms with Crippen LogP contribution >= 0.6 is 22.9 Å². The Morgan fingerprint density at radius 2 is 1.84 bits per heavy atom. The number of halogens is 6. The van der Waals surface area contributed by atoms with Gasteiger partial charge in [-0.2, -0.15) is 18.3 Å². The summed E-state index contributed by atoms with van der Waals surface area (Å²) < 4.78 is 79.6. The van der Waals surface area contributed by atoms with Gasteiger partial charge in [-0.25, -0.2) is 28.1 Å². The maximum absolute atomic E-state index is 14.3. The number of benzene rings is 2. The van der Waals surface area contributed by atoms with Crippen LogP contribution in [0.1, 0.15) is 40.8 Å². The summed E-state index contributed by atoms with van der Waals surface area (Å²) in [6.07, 6.45) is -7.09. The summed E-state index contributed by atoms with van der Waals surface area (Å²) >= 11 is 6.80. The van der Waals surface area contributed by atoms with E-state index in [9.17, 15) is 32.2 Å². The molecule has 1 aliphatic rings. The molecule has 0 bridgehead atoms. The topological polar surface area (TPSA) is 124 Å². The number of nitrogens with zero attached hydrogens (tertiary/aromatic N) is 7. The smallest absolute Gasteiger partial charge is 0.394 e. The minimum Gasteiger partial charge on any atom is -0.394 e. The zero-order valence-corrected chi connectivity index (χ0v) is 23.8. The van der Waals surface area contributed by atoms with Gasteiger partial charge in [0.25, 0.3) is 0 Å². The summed E-state index contributed by atoms with van der Waals surface area (Å²) in [5.74, 6) is -1.85. The van der Waals surface area contributed by atoms with E-state index in [1.54, 1.807) is 6.92 Å². The molecule has 0 spiro atoms. The third kappa shape index (κ3) is 5.37. The van der Waals surface area contributed by atoms with Crippen LogP contribution in [0, 0.1) is 25.5 Å². The van der Waals surface area contributed by atoms with E-state index in [4.69, 9.17) is 16.3 Å². The largest absolute Gasteiger partial charge is 0.418 e. The number of hydrogen-bond donors (Lipinski definition) is 2. The van der Waals surface area contributed by atoms with Crippen LogP contribution in [0.2, 0.25) is 5.02 Å². The number of aliphatic hydroxyl groups is 2. The summed E-state index contributed by atoms with van der Waals surface area (Å²) in [5.41, 5.74) is -0.984. The Labute approximate surface area is 248 Å². The fourth-order valence-electron chi connectivity index (χ4n) is 5.11. The van der Waals surface area contributed by atoms with Crippen molar-refractivity contribution in [1.29, 1.82) is 0 Å². The Balaban J connectivity index is 1.41. The molecule has 17 heteroatoms. The highest BCUT2D eigenvalue weighted by atomic mass is 35.5. The molecule has 6 rings (SSSR count). The third-order valence-electron chi connectivity index (χ3n) is 7.05. The van der Waals surface area contributed by atoms with Gasteiger partial charge < -0.3 is 14.9 Å². The Hall–Kier alpha value is -3.57. The predicted molar refractivity (Wildman–Crippen MR) is 144 cm³/mol. The molecule has 4 atom stereocenters. The molecule has 5 aromatic rings. The van der Waals surface area contributed by atoms with Crippen molar-refractivity contribution < 1.29 is 36.9 Å². The monoisotopic (exact) mass is 641 g/mol. The Morgan fingerprint density at radius 1 is 1.12 bits per heavy atom. The van der Waals surface area contributed by atoms with Gasteiger partial charge >= 0.3 is 6.18 Å². The maximum Gasteiger partial charge on any atom is 0.418 e. The number of aryl methyl sites for hydroxylation is 2. The van der Waals surface area contributed by atoms with Gasteiger partial charge in [0.1, 0.15) is 46.5 Å². The first-order valence-corrected chi connectivity index (χ1v) is 14.0. The van der Waals surface area contributed by atoms with Crippen molar-refractivity contribution in [2.24, 2.45) is 0 Å². The van der Waals surface area contributed by atoms with E-state index in [1.165, 1.54) is 35.2 Å². The minimum atomic E-state index is -4.75. The average Bonchev–Trinajstić information content (AvgIpc) is 3.68. The van der Waals surface area contributed by atoms with E-state index in [2.05, 4.69) is 25.4 Å². The van der Waals surface area contributed by atoms with Gasteiger partial charge in [0.15, 0.2) is 5.82 Å². The second kappa shape index (κ2) is 10.9. The van der Waals surface area contributed by atoms with E-state index in [-0.39, 0.29) is 40.5 Å². The van der Waals surface area contributed by atoms with E-state index < -0.39 is 59.4 Å². The lowest BCUT2D eigenvalue weighted by Crippen LogP contribution is -2.45. The van der Waals surface area contributed by atoms with Crippen LogP contribution in [0.5, 0.6) is 0 Å². The highest BCUT2D eigenvalue weighted by molar-refractivity contribution is 7.18. The highest BCUT2D eigenvalue weighted by Gasteiger charge is 2.43. The molecular weight excluding hydrogens is 621 g/mol. The van der Waals surface area contributed by atoms with Gasteiger partial charge in [0.05, 0.1) is 45.3 Å². The van der Waals surface area contributed by atoms with Crippen LogP contribution in [-0.2, 0) is 10.9 Å². The van der Waals surface area contributed by atoms with Gasteiger partial charge in [0, 0.05) is 12.0 Å². The lowest BCUT2D eigenvalue weighted by atomic mass is 9.95. The molecule has 1 aliphatic heterocycles. The second-order valence-corrected chi connectivity index (χ2v) is 11.6. The van der Waals surface area contributed by atoms with Crippen LogP contribution in [0.15, 0.2) is 30.5 Å². The normalized spacial score (nSPS) is 21.2. The predicted octanol–water partition coefficient (Wildman–Crippen LogP) is 5.13. The molecule has 43 heavy (non-hydrogen) atoms. The fourth-order valence-corrected chi connectivity index (χ4v) is 6.06. The van der Waals surface area contributed by atoms with Crippen molar-refractivity contribution >= 4 is 33.2 Å². The number of aromatic nitrogens is 7. The van der Waals surface area contributed by atoms with Crippen molar-refractivity contribution in [3.05, 3.63) is 69.3 Å². The molecule has 0 aliphatic carbocycles. The summed E-state index contributed by atoms with van der Waals surface area (Å²) in [7, 11) is 0. The molecule has 4 heterocycles. The van der Waals surface area contributed by atoms with Crippen molar-refractivity contribution in [1.82, 2.24) is 34.7 Å². The molecule has 1 fully saturated rings. The lowest BCUT2D eigenvalue weighted by molar-refractivity contribution is -0.161. The SMILES string of the molecule is Cc1nc(C2CC(n3cc(-c4cc(F)c(Cl)c(F)c4)nn3)C(O)C(CO)O2)n(-c2cc3sc(C)nc3cc2C(F)(F)F)n1. The zero-order chi connectivity index (χ0) is 30.8. The highest BCUT2D eigenvalue weighted by Crippen LogP contribution is 2.41. The van der Waals surface area contributed by atoms with Crippen molar-refractivity contribution in [3.8, 4) is 16.9 Å². The van der Waals surface area contributed by atoms with E-state index in [0.717, 1.165) is 22.9 Å². The quantitative estimate of drug-likeness (QED) is 0.200. The average molecular weight is 642 g/mol. The Kier molecular flexibility index (Phi) is 7.45. The first-order chi connectivity index (χ1) is 20.3. The molecule has 2 N–H and O–H groups in total. The number of aliphatic hydroxyl groups excluding tert-OH is 2. The summed E-state index contributed by atoms with van der Waals surface area (Å²) in [5, 5.41) is 33.1. The van der Waals surface area contributed by atoms with Crippen LogP contribution in [0.25, 0.3) is 27.2 Å². The van der Waals surface area contributed by atoms with Crippen LogP contribution in [0.3, 0.4) is 0 Å². The summed E-state index contributed by atoms with van der Waals surface area (Å²) in [6, 6.07) is 3.32. The molecule has 2 aromatic carbocycles. The minimum absolute atomic E-state index is 0.00104. The van der Waals surface area contributed by atoms with Crippen molar-refractivity contribution in [2.75, 3.05) is 6.61 Å². The van der Waals surface area contributed by atoms with Crippen LogP contribution < -0.4 is 0 Å². The molecular formula is C26H21ClF5N7O3S. The molecule has 1 saturated heterocycles. The fraction of sp³-hybridized carbons (Fsp3) is 0.346. The molecule has 0 radical (unpaired) electrons. The number of ether oxygens (including phenoxy) is 1. The van der Waals surface area contributed by atoms with Gasteiger partial charge in [0.2, 0.25) is 0 Å². The van der Waals surface area contributed by atoms with Gasteiger partial charge in [-0.15, -0.1) is 16.4 Å². The van der Waals surface area contributed by atoms with Crippen LogP contribution in [-0.4, -0.2) is 63.8 Å². The number of fused-ring (bicyclic) bond motifs is 1. The lowest BCUT2D eigenvalue weighted by Gasteiger charge is -2.38. The molecule has 226 valence electrons. The molecule has 0 saturated carbocycles. The maximum atomic E-state index is 14.3. The van der Waals surface area contributed by atoms with Gasteiger partial charge in [-0.05, 0) is 38.1 Å². The van der Waals surface area contributed by atoms with E-state index in [1.807, 2.05) is 0 Å². The summed E-state index contributed by atoms with van der Waals surface area (Å²) in [4.78, 5) is 8.54. The zero-order valence-electron chi connectivity index (χ0n) is 22.2. The molecule has 10 nitrogen and oxygen atoms in total. The number of alkyl halides is 3. The summed E-state index contributed by atoms with van der Waals surface area (Å²) in [6.45, 7) is 2.56. The van der Waals surface area contributed by atoms with Crippen molar-refractivity contribution in [3.63, 3.8) is 0 Å². The van der Waals surface area contributed by atoms with Gasteiger partial charge in [-0.3, -0.25) is 0 Å². The number of rotatable bonds is 5. The first kappa shape index (κ1) is 29.5. The van der Waals surface area contributed by atoms with E-state index >= 15 is 0 Å². The Bertz CT molecular complexity index is 1820. The van der Waals surface area contributed by atoms with Gasteiger partial charge in [-0.1, -0.05) is 16.8 Å². The third-order valence-corrected chi connectivity index (χ3v) is 8.35. The Morgan fingerprint density at radius 3 is 2.51 bits per heavy atom. The number of hydrogen-bond acceptors (Lipinski definition) is 9.